The number of nitrogens with zero attached hydrogens (tertiary/aromatic N) is 5. The Hall–Kier alpha value is -4.09. The normalized spacial score (nSPS) is 18.1. The number of aromatic nitrogens is 1. The highest BCUT2D eigenvalue weighted by Crippen LogP contribution is 2.31. The fourth-order valence-corrected chi connectivity index (χ4v) is 6.03. The maximum Gasteiger partial charge on any atom is 0.338 e. The summed E-state index contributed by atoms with van der Waals surface area (Å²) in [7, 11) is 2.06. The molecule has 0 spiro atoms. The number of likely N-dealkylation sites (N-methyl/N-ethyl adjacent to an activating group) is 1. The van der Waals surface area contributed by atoms with Crippen LogP contribution in [0.4, 0.5) is 11.4 Å². The standard InChI is InChI=1S/C28H29N5O5S/c1-4-38-27(35)24-18(2)29-28-32(25(24)19-8-6-5-7-9-19)26(34)23(39-28)17-20-16-21(33(36)37)10-11-22(20)31-14-12-30(3)13-15-31/h5-11,16-17,25H,4,12-15H2,1-3H3/b23-17-. The van der Waals surface area contributed by atoms with Crippen molar-refractivity contribution in [1.29, 1.82) is 0 Å². The molecule has 202 valence electrons. The summed E-state index contributed by atoms with van der Waals surface area (Å²) in [5.74, 6) is -0.516. The number of benzene rings is 2. The number of hydrogen-bond acceptors (Lipinski definition) is 9. The Morgan fingerprint density at radius 2 is 1.90 bits per heavy atom. The summed E-state index contributed by atoms with van der Waals surface area (Å²) in [5, 5.41) is 11.6. The van der Waals surface area contributed by atoms with Gasteiger partial charge < -0.3 is 14.5 Å². The summed E-state index contributed by atoms with van der Waals surface area (Å²) in [5.41, 5.74) is 2.63. The molecule has 1 fully saturated rings. The maximum atomic E-state index is 13.9. The first-order valence-electron chi connectivity index (χ1n) is 12.7. The van der Waals surface area contributed by atoms with E-state index in [1.54, 1.807) is 26.0 Å². The van der Waals surface area contributed by atoms with E-state index < -0.39 is 16.9 Å². The van der Waals surface area contributed by atoms with Gasteiger partial charge in [0.15, 0.2) is 4.80 Å². The minimum absolute atomic E-state index is 0.0468. The number of allylic oxidation sites excluding steroid dienone is 1. The molecule has 1 aromatic heterocycles. The zero-order valence-corrected chi connectivity index (χ0v) is 22.8. The van der Waals surface area contributed by atoms with Gasteiger partial charge in [-0.1, -0.05) is 41.7 Å². The van der Waals surface area contributed by atoms with Gasteiger partial charge in [0.25, 0.3) is 11.2 Å². The predicted octanol–water partition coefficient (Wildman–Crippen LogP) is 2.46. The highest BCUT2D eigenvalue weighted by atomic mass is 32.1. The van der Waals surface area contributed by atoms with Gasteiger partial charge in [0, 0.05) is 49.6 Å². The summed E-state index contributed by atoms with van der Waals surface area (Å²) >= 11 is 1.20. The molecular weight excluding hydrogens is 518 g/mol. The second-order valence-electron chi connectivity index (χ2n) is 9.50. The van der Waals surface area contributed by atoms with Crippen LogP contribution in [0.1, 0.15) is 31.0 Å². The Balaban J connectivity index is 1.69. The van der Waals surface area contributed by atoms with Gasteiger partial charge >= 0.3 is 5.97 Å². The van der Waals surface area contributed by atoms with Crippen LogP contribution >= 0.6 is 11.3 Å². The lowest BCUT2D eigenvalue weighted by Crippen LogP contribution is -2.44. The van der Waals surface area contributed by atoms with Crippen LogP contribution in [0.5, 0.6) is 0 Å². The van der Waals surface area contributed by atoms with Crippen molar-refractivity contribution in [3.63, 3.8) is 0 Å². The molecule has 0 bridgehead atoms. The van der Waals surface area contributed by atoms with Gasteiger partial charge in [0.2, 0.25) is 0 Å². The molecule has 3 heterocycles. The second-order valence-corrected chi connectivity index (χ2v) is 10.5. The van der Waals surface area contributed by atoms with E-state index in [9.17, 15) is 19.7 Å². The largest absolute Gasteiger partial charge is 0.463 e. The van der Waals surface area contributed by atoms with Crippen molar-refractivity contribution in [3.05, 3.63) is 101 Å². The minimum atomic E-state index is -0.703. The van der Waals surface area contributed by atoms with Gasteiger partial charge in [-0.05, 0) is 38.6 Å². The Morgan fingerprint density at radius 3 is 2.56 bits per heavy atom. The molecule has 5 rings (SSSR count). The first-order valence-corrected chi connectivity index (χ1v) is 13.6. The van der Waals surface area contributed by atoms with E-state index in [1.165, 1.54) is 28.0 Å². The molecule has 0 amide bonds. The topological polar surface area (TPSA) is 110 Å². The molecule has 0 aliphatic carbocycles. The molecule has 39 heavy (non-hydrogen) atoms. The lowest BCUT2D eigenvalue weighted by molar-refractivity contribution is -0.384. The van der Waals surface area contributed by atoms with Gasteiger partial charge in [-0.2, -0.15) is 0 Å². The van der Waals surface area contributed by atoms with Crippen LogP contribution in [-0.2, 0) is 9.53 Å². The van der Waals surface area contributed by atoms with E-state index in [4.69, 9.17) is 4.74 Å². The average molecular weight is 548 g/mol. The highest BCUT2D eigenvalue weighted by molar-refractivity contribution is 7.07. The van der Waals surface area contributed by atoms with Gasteiger partial charge in [0.05, 0.1) is 33.4 Å². The number of hydrogen-bond donors (Lipinski definition) is 0. The van der Waals surface area contributed by atoms with E-state index in [2.05, 4.69) is 21.8 Å². The number of carbonyl (C=O) groups is 1. The van der Waals surface area contributed by atoms with Crippen LogP contribution in [0.15, 0.2) is 69.6 Å². The molecule has 2 aromatic carbocycles. The molecule has 2 aliphatic heterocycles. The SMILES string of the molecule is CCOC(=O)C1=C(C)N=c2s/c(=C\c3cc([N+](=O)[O-])ccc3N3CCN(C)CC3)c(=O)n2C1c1ccccc1. The molecule has 2 aliphatic rings. The molecule has 1 atom stereocenters. The molecule has 1 saturated heterocycles. The third-order valence-electron chi connectivity index (χ3n) is 6.98. The number of rotatable bonds is 6. The maximum absolute atomic E-state index is 13.9. The summed E-state index contributed by atoms with van der Waals surface area (Å²) in [6.07, 6.45) is 1.70. The zero-order valence-electron chi connectivity index (χ0n) is 22.0. The van der Waals surface area contributed by atoms with Crippen molar-refractivity contribution >= 4 is 34.8 Å². The van der Waals surface area contributed by atoms with E-state index in [0.29, 0.717) is 26.2 Å². The number of non-ortho nitro benzene ring substituents is 1. The summed E-state index contributed by atoms with van der Waals surface area (Å²) in [6, 6.07) is 13.4. The summed E-state index contributed by atoms with van der Waals surface area (Å²) < 4.78 is 7.24. The zero-order chi connectivity index (χ0) is 27.7. The van der Waals surface area contributed by atoms with Crippen molar-refractivity contribution in [2.75, 3.05) is 44.7 Å². The summed E-state index contributed by atoms with van der Waals surface area (Å²) in [6.45, 7) is 6.95. The second kappa shape index (κ2) is 11.0. The molecule has 10 nitrogen and oxygen atoms in total. The number of nitro benzene ring substituents is 1. The first-order chi connectivity index (χ1) is 18.8. The third-order valence-corrected chi connectivity index (χ3v) is 7.97. The van der Waals surface area contributed by atoms with Crippen molar-refractivity contribution in [2.24, 2.45) is 4.99 Å². The number of fused-ring (bicyclic) bond motifs is 1. The van der Waals surface area contributed by atoms with E-state index >= 15 is 0 Å². The molecule has 3 aromatic rings. The van der Waals surface area contributed by atoms with E-state index in [1.807, 2.05) is 30.3 Å². The van der Waals surface area contributed by atoms with Crippen LogP contribution < -0.4 is 19.8 Å². The van der Waals surface area contributed by atoms with Gasteiger partial charge in [-0.3, -0.25) is 19.5 Å². The quantitative estimate of drug-likeness (QED) is 0.265. The molecule has 0 radical (unpaired) electrons. The molecule has 0 saturated carbocycles. The van der Waals surface area contributed by atoms with Gasteiger partial charge in [-0.15, -0.1) is 0 Å². The number of piperazine rings is 1. The van der Waals surface area contributed by atoms with Crippen LogP contribution in [0, 0.1) is 10.1 Å². The Bertz CT molecular complexity index is 1630. The van der Waals surface area contributed by atoms with Crippen LogP contribution in [0.3, 0.4) is 0 Å². The van der Waals surface area contributed by atoms with Gasteiger partial charge in [0.1, 0.15) is 0 Å². The highest BCUT2D eigenvalue weighted by Gasteiger charge is 2.33. The predicted molar refractivity (Wildman–Crippen MR) is 150 cm³/mol. The minimum Gasteiger partial charge on any atom is -0.463 e. The first kappa shape index (κ1) is 26.5. The average Bonchev–Trinajstić information content (AvgIpc) is 3.23. The van der Waals surface area contributed by atoms with Crippen molar-refractivity contribution in [3.8, 4) is 0 Å². The fraction of sp³-hybridized carbons (Fsp3) is 0.321. The smallest absolute Gasteiger partial charge is 0.338 e. The number of nitro groups is 1. The third kappa shape index (κ3) is 5.15. The molecule has 11 heteroatoms. The number of thiazole rings is 1. The number of ether oxygens (including phenoxy) is 1. The van der Waals surface area contributed by atoms with E-state index in [-0.39, 0.29) is 17.9 Å². The monoisotopic (exact) mass is 547 g/mol. The Morgan fingerprint density at radius 1 is 1.18 bits per heavy atom. The van der Waals surface area contributed by atoms with Gasteiger partial charge in [-0.25, -0.2) is 9.79 Å². The molecule has 0 N–H and O–H groups in total. The number of carbonyl (C=O) groups excluding carboxylic acids is 1. The van der Waals surface area contributed by atoms with E-state index in [0.717, 1.165) is 37.4 Å². The van der Waals surface area contributed by atoms with Crippen LogP contribution in [0.25, 0.3) is 6.08 Å². The Labute approximate surface area is 228 Å². The van der Waals surface area contributed by atoms with Crippen molar-refractivity contribution < 1.29 is 14.5 Å². The van der Waals surface area contributed by atoms with Crippen molar-refractivity contribution in [2.45, 2.75) is 19.9 Å². The molecule has 1 unspecified atom stereocenters. The van der Waals surface area contributed by atoms with Crippen molar-refractivity contribution in [1.82, 2.24) is 9.47 Å². The molecular formula is C28H29N5O5S. The van der Waals surface area contributed by atoms with Crippen LogP contribution in [0.2, 0.25) is 0 Å². The summed E-state index contributed by atoms with van der Waals surface area (Å²) in [4.78, 5) is 47.6. The fourth-order valence-electron chi connectivity index (χ4n) is 4.99. The number of anilines is 1. The van der Waals surface area contributed by atoms with Crippen LogP contribution in [-0.4, -0.2) is 60.2 Å². The Kier molecular flexibility index (Phi) is 7.45. The number of esters is 1. The lowest BCUT2D eigenvalue weighted by atomic mass is 9.96. The lowest BCUT2D eigenvalue weighted by Gasteiger charge is -2.34.